The van der Waals surface area contributed by atoms with Gasteiger partial charge in [-0.25, -0.2) is 9.78 Å². The van der Waals surface area contributed by atoms with E-state index in [0.717, 1.165) is 19.3 Å². The topological polar surface area (TPSA) is 68.7 Å². The number of carbonyl (C=O) groups excluding carboxylic acids is 2. The summed E-state index contributed by atoms with van der Waals surface area (Å²) in [6.45, 7) is 4.14. The molecule has 0 saturated carbocycles. The minimum Gasteiger partial charge on any atom is -0.484 e. The van der Waals surface area contributed by atoms with Crippen molar-refractivity contribution in [1.29, 1.82) is 0 Å². The van der Waals surface area contributed by atoms with Crippen molar-refractivity contribution in [3.05, 3.63) is 52.8 Å². The minimum atomic E-state index is -0.493. The molecule has 1 fully saturated rings. The van der Waals surface area contributed by atoms with Crippen LogP contribution in [0.4, 0.5) is 0 Å². The van der Waals surface area contributed by atoms with E-state index in [-0.39, 0.29) is 24.6 Å². The zero-order valence-corrected chi connectivity index (χ0v) is 17.5. The van der Waals surface area contributed by atoms with E-state index in [4.69, 9.17) is 9.47 Å². The lowest BCUT2D eigenvalue weighted by molar-refractivity contribution is -0.139. The first kappa shape index (κ1) is 20.3. The third-order valence-electron chi connectivity index (χ3n) is 4.86. The van der Waals surface area contributed by atoms with Crippen molar-refractivity contribution < 1.29 is 19.1 Å². The van der Waals surface area contributed by atoms with Crippen LogP contribution in [-0.4, -0.2) is 40.5 Å². The van der Waals surface area contributed by atoms with Crippen molar-refractivity contribution >= 4 is 27.8 Å². The molecule has 1 aromatic heterocycles. The standard InChI is InChI=1S/C21H23BrN2O4/c1-14-5-3-6-15(2)24(14)19(25)13-27-17-10-8-16(9-11-17)21(26)28-18-7-4-12-23-20(18)22/h4,7-12,14-15H,3,5-6,13H2,1-2H3. The van der Waals surface area contributed by atoms with Crippen LogP contribution in [0.5, 0.6) is 11.5 Å². The van der Waals surface area contributed by atoms with Gasteiger partial charge < -0.3 is 14.4 Å². The Kier molecular flexibility index (Phi) is 6.67. The van der Waals surface area contributed by atoms with Gasteiger partial charge in [-0.15, -0.1) is 0 Å². The molecule has 0 N–H and O–H groups in total. The van der Waals surface area contributed by atoms with Crippen molar-refractivity contribution in [3.63, 3.8) is 0 Å². The molecule has 1 saturated heterocycles. The van der Waals surface area contributed by atoms with E-state index in [2.05, 4.69) is 34.8 Å². The first-order valence-electron chi connectivity index (χ1n) is 9.32. The fraction of sp³-hybridized carbons (Fsp3) is 0.381. The Labute approximate surface area is 173 Å². The lowest BCUT2D eigenvalue weighted by Crippen LogP contribution is -2.49. The summed E-state index contributed by atoms with van der Waals surface area (Å²) < 4.78 is 11.4. The van der Waals surface area contributed by atoms with Gasteiger partial charge >= 0.3 is 5.97 Å². The molecule has 1 aromatic carbocycles. The zero-order valence-electron chi connectivity index (χ0n) is 15.9. The highest BCUT2D eigenvalue weighted by Gasteiger charge is 2.28. The summed E-state index contributed by atoms with van der Waals surface area (Å²) in [5.74, 6) is 0.380. The van der Waals surface area contributed by atoms with Crippen molar-refractivity contribution in [2.75, 3.05) is 6.61 Å². The number of nitrogens with zero attached hydrogens (tertiary/aromatic N) is 2. The predicted molar refractivity (Wildman–Crippen MR) is 108 cm³/mol. The Balaban J connectivity index is 1.56. The van der Waals surface area contributed by atoms with Crippen molar-refractivity contribution in [2.24, 2.45) is 0 Å². The highest BCUT2D eigenvalue weighted by molar-refractivity contribution is 9.10. The SMILES string of the molecule is CC1CCCC(C)N1C(=O)COc1ccc(C(=O)Oc2cccnc2Br)cc1. The van der Waals surface area contributed by atoms with Crippen LogP contribution in [0.3, 0.4) is 0 Å². The number of piperidine rings is 1. The van der Waals surface area contributed by atoms with Gasteiger partial charge in [0.2, 0.25) is 0 Å². The number of ether oxygens (including phenoxy) is 2. The van der Waals surface area contributed by atoms with Crippen LogP contribution in [-0.2, 0) is 4.79 Å². The molecule has 6 nitrogen and oxygen atoms in total. The third kappa shape index (κ3) is 4.90. The quantitative estimate of drug-likeness (QED) is 0.507. The molecule has 0 radical (unpaired) electrons. The van der Waals surface area contributed by atoms with Gasteiger partial charge in [-0.3, -0.25) is 4.79 Å². The molecule has 2 atom stereocenters. The number of benzene rings is 1. The second kappa shape index (κ2) is 9.19. The lowest BCUT2D eigenvalue weighted by atomic mass is 9.97. The maximum Gasteiger partial charge on any atom is 0.343 e. The summed E-state index contributed by atoms with van der Waals surface area (Å²) in [6.07, 6.45) is 4.81. The van der Waals surface area contributed by atoms with E-state index >= 15 is 0 Å². The second-order valence-corrected chi connectivity index (χ2v) is 7.68. The molecule has 148 valence electrons. The number of hydrogen-bond acceptors (Lipinski definition) is 5. The fourth-order valence-electron chi connectivity index (χ4n) is 3.43. The van der Waals surface area contributed by atoms with Crippen LogP contribution < -0.4 is 9.47 Å². The molecule has 0 spiro atoms. The largest absolute Gasteiger partial charge is 0.484 e. The Morgan fingerprint density at radius 1 is 1.14 bits per heavy atom. The molecule has 1 amide bonds. The molecule has 0 aliphatic carbocycles. The molecule has 1 aliphatic heterocycles. The summed E-state index contributed by atoms with van der Waals surface area (Å²) in [4.78, 5) is 30.7. The first-order chi connectivity index (χ1) is 13.5. The molecule has 3 rings (SSSR count). The minimum absolute atomic E-state index is 0.00962. The van der Waals surface area contributed by atoms with Crippen LogP contribution in [0.1, 0.15) is 43.5 Å². The third-order valence-corrected chi connectivity index (χ3v) is 5.46. The Bertz CT molecular complexity index is 831. The Morgan fingerprint density at radius 2 is 1.82 bits per heavy atom. The van der Waals surface area contributed by atoms with Crippen LogP contribution in [0, 0.1) is 0 Å². The van der Waals surface area contributed by atoms with Crippen LogP contribution in [0.15, 0.2) is 47.2 Å². The Hall–Kier alpha value is -2.41. The summed E-state index contributed by atoms with van der Waals surface area (Å²) in [7, 11) is 0. The van der Waals surface area contributed by atoms with E-state index in [1.54, 1.807) is 42.6 Å². The molecular weight excluding hydrogens is 424 g/mol. The monoisotopic (exact) mass is 446 g/mol. The number of pyridine rings is 1. The first-order valence-corrected chi connectivity index (χ1v) is 10.1. The molecule has 2 unspecified atom stereocenters. The van der Waals surface area contributed by atoms with Crippen molar-refractivity contribution in [1.82, 2.24) is 9.88 Å². The highest BCUT2D eigenvalue weighted by atomic mass is 79.9. The van der Waals surface area contributed by atoms with Gasteiger partial charge in [-0.1, -0.05) is 0 Å². The van der Waals surface area contributed by atoms with Gasteiger partial charge in [0, 0.05) is 18.3 Å². The summed E-state index contributed by atoms with van der Waals surface area (Å²) in [5.41, 5.74) is 0.382. The number of esters is 1. The van der Waals surface area contributed by atoms with E-state index in [1.807, 2.05) is 4.90 Å². The molecule has 7 heteroatoms. The molecular formula is C21H23BrN2O4. The smallest absolute Gasteiger partial charge is 0.343 e. The van der Waals surface area contributed by atoms with E-state index in [1.165, 1.54) is 0 Å². The van der Waals surface area contributed by atoms with Gasteiger partial charge in [0.15, 0.2) is 12.4 Å². The van der Waals surface area contributed by atoms with Gasteiger partial charge in [0.1, 0.15) is 10.4 Å². The van der Waals surface area contributed by atoms with Crippen molar-refractivity contribution in [2.45, 2.75) is 45.2 Å². The molecule has 2 aromatic rings. The predicted octanol–water partition coefficient (Wildman–Crippen LogP) is 4.23. The average molecular weight is 447 g/mol. The number of aromatic nitrogens is 1. The van der Waals surface area contributed by atoms with Crippen LogP contribution >= 0.6 is 15.9 Å². The highest BCUT2D eigenvalue weighted by Crippen LogP contribution is 2.24. The summed E-state index contributed by atoms with van der Waals surface area (Å²) in [6, 6.07) is 10.4. The number of halogens is 1. The second-order valence-electron chi connectivity index (χ2n) is 6.92. The lowest BCUT2D eigenvalue weighted by Gasteiger charge is -2.38. The van der Waals surface area contributed by atoms with Gasteiger partial charge in [-0.05, 0) is 85.4 Å². The Morgan fingerprint density at radius 3 is 2.46 bits per heavy atom. The number of carbonyl (C=O) groups is 2. The maximum absolute atomic E-state index is 12.5. The van der Waals surface area contributed by atoms with Gasteiger partial charge in [0.25, 0.3) is 5.91 Å². The summed E-state index contributed by atoms with van der Waals surface area (Å²) in [5, 5.41) is 0. The maximum atomic E-state index is 12.5. The molecule has 1 aliphatic rings. The van der Waals surface area contributed by atoms with Crippen LogP contribution in [0.25, 0.3) is 0 Å². The number of hydrogen-bond donors (Lipinski definition) is 0. The van der Waals surface area contributed by atoms with Gasteiger partial charge in [0.05, 0.1) is 5.56 Å². The zero-order chi connectivity index (χ0) is 20.1. The molecule has 0 bridgehead atoms. The van der Waals surface area contributed by atoms with Gasteiger partial charge in [-0.2, -0.15) is 0 Å². The summed E-state index contributed by atoms with van der Waals surface area (Å²) >= 11 is 3.24. The van der Waals surface area contributed by atoms with Crippen LogP contribution in [0.2, 0.25) is 0 Å². The average Bonchev–Trinajstić information content (AvgIpc) is 2.68. The number of rotatable bonds is 5. The molecule has 2 heterocycles. The number of likely N-dealkylation sites (tertiary alicyclic amines) is 1. The fourth-order valence-corrected chi connectivity index (χ4v) is 3.76. The normalized spacial score (nSPS) is 19.2. The molecule has 28 heavy (non-hydrogen) atoms. The van der Waals surface area contributed by atoms with E-state index in [9.17, 15) is 9.59 Å². The number of amides is 1. The van der Waals surface area contributed by atoms with Crippen molar-refractivity contribution in [3.8, 4) is 11.5 Å². The van der Waals surface area contributed by atoms with E-state index in [0.29, 0.717) is 21.7 Å². The van der Waals surface area contributed by atoms with E-state index < -0.39 is 5.97 Å².